The van der Waals surface area contributed by atoms with E-state index in [9.17, 15) is 10.1 Å². The Labute approximate surface area is 104 Å². The topological polar surface area (TPSA) is 64.4 Å². The van der Waals surface area contributed by atoms with E-state index >= 15 is 0 Å². The van der Waals surface area contributed by atoms with Crippen LogP contribution < -0.4 is 10.1 Å². The van der Waals surface area contributed by atoms with Gasteiger partial charge in [0, 0.05) is 23.9 Å². The van der Waals surface area contributed by atoms with Crippen molar-refractivity contribution < 1.29 is 9.66 Å². The second-order valence-corrected chi connectivity index (χ2v) is 4.99. The first kappa shape index (κ1) is 12.0. The van der Waals surface area contributed by atoms with Gasteiger partial charge in [0.15, 0.2) is 0 Å². The molecule has 6 heteroatoms. The van der Waals surface area contributed by atoms with Gasteiger partial charge >= 0.3 is 0 Å². The van der Waals surface area contributed by atoms with E-state index in [-0.39, 0.29) is 10.6 Å². The minimum atomic E-state index is -0.371. The number of nitrogens with zero attached hydrogens (tertiary/aromatic N) is 1. The Bertz CT molecular complexity index is 419. The Morgan fingerprint density at radius 2 is 2.41 bits per heavy atom. The first-order valence-electron chi connectivity index (χ1n) is 5.37. The van der Waals surface area contributed by atoms with Gasteiger partial charge in [-0.15, -0.1) is 0 Å². The van der Waals surface area contributed by atoms with Crippen LogP contribution in [-0.2, 0) is 0 Å². The summed E-state index contributed by atoms with van der Waals surface area (Å²) >= 11 is 1.86. The minimum Gasteiger partial charge on any atom is -0.497 e. The molecule has 0 radical (unpaired) electrons. The molecule has 1 aromatic carbocycles. The Balaban J connectivity index is 2.24. The van der Waals surface area contributed by atoms with Crippen LogP contribution in [0.1, 0.15) is 6.42 Å². The number of ether oxygens (including phenoxy) is 1. The fourth-order valence-electron chi connectivity index (χ4n) is 1.79. The van der Waals surface area contributed by atoms with Crippen LogP contribution in [0.2, 0.25) is 0 Å². The maximum absolute atomic E-state index is 10.9. The van der Waals surface area contributed by atoms with Gasteiger partial charge in [-0.05, 0) is 18.2 Å². The van der Waals surface area contributed by atoms with E-state index in [4.69, 9.17) is 4.74 Å². The number of benzene rings is 1. The van der Waals surface area contributed by atoms with E-state index in [1.807, 2.05) is 11.8 Å². The lowest BCUT2D eigenvalue weighted by molar-refractivity contribution is -0.384. The summed E-state index contributed by atoms with van der Waals surface area (Å²) in [6.07, 6.45) is 1.04. The summed E-state index contributed by atoms with van der Waals surface area (Å²) in [5, 5.41) is 14.1. The third-order valence-corrected chi connectivity index (χ3v) is 3.85. The predicted octanol–water partition coefficient (Wildman–Crippen LogP) is 2.52. The number of thioether (sulfide) groups is 1. The molecule has 5 nitrogen and oxygen atoms in total. The van der Waals surface area contributed by atoms with Crippen molar-refractivity contribution in [1.82, 2.24) is 0 Å². The van der Waals surface area contributed by atoms with Crippen molar-refractivity contribution in [2.75, 3.05) is 23.9 Å². The molecule has 1 aliphatic rings. The molecule has 92 valence electrons. The molecule has 2 rings (SSSR count). The number of methoxy groups -OCH3 is 1. The highest BCUT2D eigenvalue weighted by Crippen LogP contribution is 2.31. The van der Waals surface area contributed by atoms with E-state index in [2.05, 4.69) is 5.32 Å². The van der Waals surface area contributed by atoms with Gasteiger partial charge in [-0.3, -0.25) is 10.1 Å². The molecule has 1 saturated heterocycles. The van der Waals surface area contributed by atoms with Crippen LogP contribution in [0.4, 0.5) is 11.4 Å². The SMILES string of the molecule is COc1ccc([N+](=O)[O-])c(NC2CCSC2)c1. The zero-order chi connectivity index (χ0) is 12.3. The maximum Gasteiger partial charge on any atom is 0.292 e. The summed E-state index contributed by atoms with van der Waals surface area (Å²) in [5.74, 6) is 2.73. The van der Waals surface area contributed by atoms with Crippen LogP contribution in [0, 0.1) is 10.1 Å². The highest BCUT2D eigenvalue weighted by atomic mass is 32.2. The molecular formula is C11H14N2O3S. The average molecular weight is 254 g/mol. The van der Waals surface area contributed by atoms with Crippen LogP contribution in [0.5, 0.6) is 5.75 Å². The van der Waals surface area contributed by atoms with Crippen LogP contribution in [0.15, 0.2) is 18.2 Å². The summed E-state index contributed by atoms with van der Waals surface area (Å²) < 4.78 is 5.09. The number of anilines is 1. The number of rotatable bonds is 4. The fourth-order valence-corrected chi connectivity index (χ4v) is 2.94. The predicted molar refractivity (Wildman–Crippen MR) is 69.0 cm³/mol. The van der Waals surface area contributed by atoms with Gasteiger partial charge in [0.25, 0.3) is 5.69 Å². The van der Waals surface area contributed by atoms with Crippen molar-refractivity contribution >= 4 is 23.1 Å². The summed E-state index contributed by atoms with van der Waals surface area (Å²) in [7, 11) is 1.55. The summed E-state index contributed by atoms with van der Waals surface area (Å²) in [6, 6.07) is 5.07. The van der Waals surface area contributed by atoms with Gasteiger partial charge in [0.2, 0.25) is 0 Å². The zero-order valence-electron chi connectivity index (χ0n) is 9.51. The number of nitrogens with one attached hydrogen (secondary N) is 1. The number of nitro benzene ring substituents is 1. The van der Waals surface area contributed by atoms with E-state index in [1.54, 1.807) is 19.2 Å². The zero-order valence-corrected chi connectivity index (χ0v) is 10.3. The Kier molecular flexibility index (Phi) is 3.73. The normalized spacial score (nSPS) is 19.0. The van der Waals surface area contributed by atoms with Crippen molar-refractivity contribution in [1.29, 1.82) is 0 Å². The molecule has 0 aliphatic carbocycles. The molecule has 0 amide bonds. The molecule has 1 heterocycles. The number of hydrogen-bond acceptors (Lipinski definition) is 5. The van der Waals surface area contributed by atoms with E-state index in [1.165, 1.54) is 6.07 Å². The van der Waals surface area contributed by atoms with Crippen LogP contribution >= 0.6 is 11.8 Å². The Morgan fingerprint density at radius 1 is 1.59 bits per heavy atom. The van der Waals surface area contributed by atoms with E-state index in [0.717, 1.165) is 17.9 Å². The lowest BCUT2D eigenvalue weighted by atomic mass is 10.2. The summed E-state index contributed by atoms with van der Waals surface area (Å²) in [6.45, 7) is 0. The largest absolute Gasteiger partial charge is 0.497 e. The average Bonchev–Trinajstić information content (AvgIpc) is 2.81. The quantitative estimate of drug-likeness (QED) is 0.660. The highest BCUT2D eigenvalue weighted by molar-refractivity contribution is 7.99. The summed E-state index contributed by atoms with van der Waals surface area (Å²) in [5.41, 5.74) is 0.643. The van der Waals surface area contributed by atoms with E-state index < -0.39 is 0 Å². The van der Waals surface area contributed by atoms with Crippen molar-refractivity contribution in [2.24, 2.45) is 0 Å². The van der Waals surface area contributed by atoms with Gasteiger partial charge < -0.3 is 10.1 Å². The van der Waals surface area contributed by atoms with Crippen LogP contribution in [0.3, 0.4) is 0 Å². The summed E-state index contributed by atoms with van der Waals surface area (Å²) in [4.78, 5) is 10.5. The third kappa shape index (κ3) is 2.82. The van der Waals surface area contributed by atoms with Gasteiger partial charge in [-0.2, -0.15) is 11.8 Å². The van der Waals surface area contributed by atoms with Gasteiger partial charge in [-0.1, -0.05) is 0 Å². The fraction of sp³-hybridized carbons (Fsp3) is 0.455. The maximum atomic E-state index is 10.9. The monoisotopic (exact) mass is 254 g/mol. The van der Waals surface area contributed by atoms with Crippen molar-refractivity contribution in [3.05, 3.63) is 28.3 Å². The van der Waals surface area contributed by atoms with Crippen molar-refractivity contribution in [3.63, 3.8) is 0 Å². The lowest BCUT2D eigenvalue weighted by Crippen LogP contribution is -2.18. The molecule has 0 spiro atoms. The molecule has 0 aromatic heterocycles. The van der Waals surface area contributed by atoms with Crippen molar-refractivity contribution in [3.8, 4) is 5.75 Å². The number of hydrogen-bond donors (Lipinski definition) is 1. The Morgan fingerprint density at radius 3 is 3.00 bits per heavy atom. The third-order valence-electron chi connectivity index (χ3n) is 2.69. The molecule has 1 atom stereocenters. The first-order chi connectivity index (χ1) is 8.20. The molecule has 1 fully saturated rings. The molecule has 0 bridgehead atoms. The van der Waals surface area contributed by atoms with Crippen molar-refractivity contribution in [2.45, 2.75) is 12.5 Å². The second-order valence-electron chi connectivity index (χ2n) is 3.85. The standard InChI is InChI=1S/C11H14N2O3S/c1-16-9-2-3-11(13(14)15)10(6-9)12-8-4-5-17-7-8/h2-3,6,8,12H,4-5,7H2,1H3. The van der Waals surface area contributed by atoms with E-state index in [0.29, 0.717) is 17.5 Å². The molecular weight excluding hydrogens is 240 g/mol. The smallest absolute Gasteiger partial charge is 0.292 e. The molecule has 1 N–H and O–H groups in total. The minimum absolute atomic E-state index is 0.0997. The molecule has 17 heavy (non-hydrogen) atoms. The van der Waals surface area contributed by atoms with Gasteiger partial charge in [-0.25, -0.2) is 0 Å². The highest BCUT2D eigenvalue weighted by Gasteiger charge is 2.20. The lowest BCUT2D eigenvalue weighted by Gasteiger charge is -2.13. The molecule has 0 saturated carbocycles. The number of nitro groups is 1. The Hall–Kier alpha value is -1.43. The first-order valence-corrected chi connectivity index (χ1v) is 6.53. The molecule has 1 unspecified atom stereocenters. The molecule has 1 aromatic rings. The second kappa shape index (κ2) is 5.27. The van der Waals surface area contributed by atoms with Crippen LogP contribution in [0.25, 0.3) is 0 Å². The van der Waals surface area contributed by atoms with Crippen LogP contribution in [-0.4, -0.2) is 29.6 Å². The van der Waals surface area contributed by atoms with Gasteiger partial charge in [0.1, 0.15) is 11.4 Å². The van der Waals surface area contributed by atoms with Gasteiger partial charge in [0.05, 0.1) is 12.0 Å². The molecule has 1 aliphatic heterocycles.